The smallest absolute Gasteiger partial charge is 0.285 e. The Balaban J connectivity index is 4.04. The van der Waals surface area contributed by atoms with E-state index in [0.717, 1.165) is 10.2 Å². The van der Waals surface area contributed by atoms with Crippen LogP contribution in [0, 0.1) is 0 Å². The molecule has 0 amide bonds. The zero-order valence-corrected chi connectivity index (χ0v) is 9.59. The molecule has 11 heavy (non-hydrogen) atoms. The summed E-state index contributed by atoms with van der Waals surface area (Å²) in [5.74, 6) is -0.888. The van der Waals surface area contributed by atoms with E-state index in [2.05, 4.69) is 5.70 Å². The lowest BCUT2D eigenvalue weighted by atomic mass is 10.3. The van der Waals surface area contributed by atoms with Gasteiger partial charge in [0.15, 0.2) is 0 Å². The minimum absolute atomic E-state index is 0.625. The minimum Gasteiger partial charge on any atom is -0.331 e. The molecule has 66 valence electrons. The molecule has 0 aromatic carbocycles. The maximum Gasteiger partial charge on any atom is 0.285 e. The fourth-order valence-electron chi connectivity index (χ4n) is 0.762. The van der Waals surface area contributed by atoms with Gasteiger partial charge in [-0.05, 0) is 0 Å². The molecule has 0 saturated carbocycles. The van der Waals surface area contributed by atoms with Gasteiger partial charge in [0.1, 0.15) is 0 Å². The molecule has 4 heteroatoms. The van der Waals surface area contributed by atoms with Crippen molar-refractivity contribution in [1.82, 2.24) is 0 Å². The molecular weight excluding hydrogens is 160 g/mol. The molecule has 0 saturated heterocycles. The molecule has 0 fully saturated rings. The summed E-state index contributed by atoms with van der Waals surface area (Å²) in [7, 11) is 5.73. The van der Waals surface area contributed by atoms with E-state index >= 15 is 0 Å². The van der Waals surface area contributed by atoms with Crippen LogP contribution in [0.1, 0.15) is 6.42 Å². The Morgan fingerprint density at radius 1 is 1.18 bits per heavy atom. The van der Waals surface area contributed by atoms with Crippen molar-refractivity contribution in [3.05, 3.63) is 11.8 Å². The van der Waals surface area contributed by atoms with Gasteiger partial charge < -0.3 is 14.2 Å². The lowest BCUT2D eigenvalue weighted by Gasteiger charge is -2.27. The molecule has 0 N–H and O–H groups in total. The lowest BCUT2D eigenvalue weighted by Crippen LogP contribution is -2.35. The summed E-state index contributed by atoms with van der Waals surface area (Å²) in [5.41, 5.74) is 2.06. The third-order valence-corrected chi connectivity index (χ3v) is 2.01. The number of hydrogen-bond donors (Lipinski definition) is 0. The van der Waals surface area contributed by atoms with Crippen LogP contribution in [0.4, 0.5) is 0 Å². The Kier molecular flexibility index (Phi) is 5.40. The zero-order chi connectivity index (χ0) is 8.74. The number of ether oxygens (including phenoxy) is 3. The van der Waals surface area contributed by atoms with Crippen LogP contribution in [0.3, 0.4) is 0 Å². The second-order valence-corrected chi connectivity index (χ2v) is 2.74. The Hall–Kier alpha value is -0.163. The first-order valence-corrected chi connectivity index (χ1v) is 4.66. The molecule has 0 radical (unpaired) electrons. The van der Waals surface area contributed by atoms with Gasteiger partial charge in [-0.3, -0.25) is 0 Å². The molecule has 0 aliphatic carbocycles. The zero-order valence-electron chi connectivity index (χ0n) is 7.59. The predicted molar refractivity (Wildman–Crippen MR) is 47.5 cm³/mol. The standard InChI is InChI=1S/C7H16O3Si/c1-8-7(9-2,10-3)5-4-6-11/h4,6H,5H2,1-3,11H3. The van der Waals surface area contributed by atoms with Crippen molar-refractivity contribution < 1.29 is 14.2 Å². The van der Waals surface area contributed by atoms with Crippen molar-refractivity contribution in [3.63, 3.8) is 0 Å². The van der Waals surface area contributed by atoms with Crippen LogP contribution in [0.5, 0.6) is 0 Å². The quantitative estimate of drug-likeness (QED) is 0.431. The summed E-state index contributed by atoms with van der Waals surface area (Å²) in [5, 5.41) is 0. The van der Waals surface area contributed by atoms with Gasteiger partial charge in [0.2, 0.25) is 0 Å². The van der Waals surface area contributed by atoms with Crippen LogP contribution in [-0.2, 0) is 14.2 Å². The largest absolute Gasteiger partial charge is 0.331 e. The SMILES string of the molecule is COC(CC=C[SiH3])(OC)OC. The molecule has 0 spiro atoms. The molecule has 3 nitrogen and oxygen atoms in total. The third-order valence-electron chi connectivity index (χ3n) is 1.54. The van der Waals surface area contributed by atoms with Gasteiger partial charge in [0.05, 0.1) is 0 Å². The van der Waals surface area contributed by atoms with Gasteiger partial charge in [0, 0.05) is 38.0 Å². The summed E-state index contributed by atoms with van der Waals surface area (Å²) in [4.78, 5) is 0. The van der Waals surface area contributed by atoms with Crippen molar-refractivity contribution in [1.29, 1.82) is 0 Å². The molecule has 0 bridgehead atoms. The average molecular weight is 176 g/mol. The van der Waals surface area contributed by atoms with E-state index in [9.17, 15) is 0 Å². The van der Waals surface area contributed by atoms with Crippen LogP contribution in [0.25, 0.3) is 0 Å². The minimum atomic E-state index is -0.888. The Morgan fingerprint density at radius 3 is 1.91 bits per heavy atom. The predicted octanol–water partition coefficient (Wildman–Crippen LogP) is -0.151. The molecule has 0 rings (SSSR count). The van der Waals surface area contributed by atoms with Gasteiger partial charge in [-0.25, -0.2) is 0 Å². The molecule has 0 aromatic rings. The lowest BCUT2D eigenvalue weighted by molar-refractivity contribution is -0.349. The molecular formula is C7H16O3Si. The topological polar surface area (TPSA) is 27.7 Å². The monoisotopic (exact) mass is 176 g/mol. The summed E-state index contributed by atoms with van der Waals surface area (Å²) < 4.78 is 15.2. The second-order valence-electron chi connectivity index (χ2n) is 2.07. The first-order valence-electron chi connectivity index (χ1n) is 3.51. The molecule has 0 aromatic heterocycles. The van der Waals surface area contributed by atoms with E-state index in [-0.39, 0.29) is 0 Å². The first-order chi connectivity index (χ1) is 5.24. The highest BCUT2D eigenvalue weighted by molar-refractivity contribution is 6.16. The van der Waals surface area contributed by atoms with Crippen LogP contribution in [-0.4, -0.2) is 37.5 Å². The van der Waals surface area contributed by atoms with Crippen LogP contribution >= 0.6 is 0 Å². The summed E-state index contributed by atoms with van der Waals surface area (Å²) >= 11 is 0. The van der Waals surface area contributed by atoms with Crippen molar-refractivity contribution in [2.24, 2.45) is 0 Å². The van der Waals surface area contributed by atoms with E-state index in [1.807, 2.05) is 6.08 Å². The Labute approximate surface area is 70.8 Å². The number of rotatable bonds is 5. The molecule has 0 heterocycles. The highest BCUT2D eigenvalue weighted by atomic mass is 28.1. The molecule has 0 aliphatic rings. The van der Waals surface area contributed by atoms with Crippen molar-refractivity contribution >= 4 is 10.2 Å². The number of methoxy groups -OCH3 is 3. The molecule has 0 unspecified atom stereocenters. The van der Waals surface area contributed by atoms with Gasteiger partial charge in [-0.2, -0.15) is 0 Å². The van der Waals surface area contributed by atoms with E-state index in [1.54, 1.807) is 21.3 Å². The van der Waals surface area contributed by atoms with Crippen molar-refractivity contribution in [3.8, 4) is 0 Å². The molecule has 0 atom stereocenters. The van der Waals surface area contributed by atoms with Gasteiger partial charge in [0.25, 0.3) is 5.97 Å². The van der Waals surface area contributed by atoms with Crippen LogP contribution < -0.4 is 0 Å². The highest BCUT2D eigenvalue weighted by Crippen LogP contribution is 2.16. The van der Waals surface area contributed by atoms with Crippen LogP contribution in [0.2, 0.25) is 0 Å². The van der Waals surface area contributed by atoms with E-state index in [4.69, 9.17) is 14.2 Å². The Bertz CT molecular complexity index is 113. The summed E-state index contributed by atoms with van der Waals surface area (Å²) in [6, 6.07) is 0. The highest BCUT2D eigenvalue weighted by Gasteiger charge is 2.27. The van der Waals surface area contributed by atoms with E-state index in [0.29, 0.717) is 6.42 Å². The normalized spacial score (nSPS) is 13.0. The fraction of sp³-hybridized carbons (Fsp3) is 0.714. The van der Waals surface area contributed by atoms with Gasteiger partial charge in [-0.1, -0.05) is 6.08 Å². The number of hydrogen-bond acceptors (Lipinski definition) is 3. The van der Waals surface area contributed by atoms with Crippen molar-refractivity contribution in [2.45, 2.75) is 12.4 Å². The van der Waals surface area contributed by atoms with E-state index < -0.39 is 5.97 Å². The third kappa shape index (κ3) is 3.16. The fourth-order valence-corrected chi connectivity index (χ4v) is 0.998. The summed E-state index contributed by atoms with van der Waals surface area (Å²) in [6.07, 6.45) is 2.61. The van der Waals surface area contributed by atoms with Gasteiger partial charge >= 0.3 is 0 Å². The summed E-state index contributed by atoms with van der Waals surface area (Å²) in [6.45, 7) is 0. The van der Waals surface area contributed by atoms with E-state index in [1.165, 1.54) is 0 Å². The maximum atomic E-state index is 5.06. The second kappa shape index (κ2) is 5.48. The first kappa shape index (κ1) is 10.8. The Morgan fingerprint density at radius 2 is 1.64 bits per heavy atom. The average Bonchev–Trinajstić information content (AvgIpc) is 2.08. The molecule has 0 aliphatic heterocycles. The van der Waals surface area contributed by atoms with Crippen LogP contribution in [0.15, 0.2) is 11.8 Å². The maximum absolute atomic E-state index is 5.06. The van der Waals surface area contributed by atoms with Gasteiger partial charge in [-0.15, -0.1) is 5.70 Å². The van der Waals surface area contributed by atoms with Crippen molar-refractivity contribution in [2.75, 3.05) is 21.3 Å².